The van der Waals surface area contributed by atoms with E-state index in [1.165, 1.54) is 0 Å². The first kappa shape index (κ1) is 12.6. The second kappa shape index (κ2) is 5.68. The first-order chi connectivity index (χ1) is 8.69. The summed E-state index contributed by atoms with van der Waals surface area (Å²) in [7, 11) is 1.80. The van der Waals surface area contributed by atoms with Crippen molar-refractivity contribution in [2.75, 3.05) is 6.54 Å². The van der Waals surface area contributed by atoms with Crippen LogP contribution in [-0.4, -0.2) is 21.3 Å². The Morgan fingerprint density at radius 1 is 1.50 bits per heavy atom. The molecule has 0 spiro atoms. The maximum atomic E-state index is 5.61. The van der Waals surface area contributed by atoms with Crippen molar-refractivity contribution in [2.45, 2.75) is 27.0 Å². The monoisotopic (exact) mass is 250 g/mol. The second-order valence-corrected chi connectivity index (χ2v) is 4.06. The number of nitrogens with zero attached hydrogens (tertiary/aromatic N) is 3. The van der Waals surface area contributed by atoms with Gasteiger partial charge in [0.2, 0.25) is 0 Å². The molecule has 6 heteroatoms. The third-order valence-corrected chi connectivity index (χ3v) is 2.56. The summed E-state index contributed by atoms with van der Waals surface area (Å²) in [6, 6.07) is 2.36. The van der Waals surface area contributed by atoms with Gasteiger partial charge in [-0.3, -0.25) is 4.68 Å². The molecule has 18 heavy (non-hydrogen) atoms. The zero-order chi connectivity index (χ0) is 13.0. The van der Waals surface area contributed by atoms with Gasteiger partial charge in [0.05, 0.1) is 0 Å². The van der Waals surface area contributed by atoms with Crippen LogP contribution < -0.4 is 10.1 Å². The summed E-state index contributed by atoms with van der Waals surface area (Å²) in [5, 5.41) is 7.30. The molecule has 0 saturated heterocycles. The van der Waals surface area contributed by atoms with Crippen molar-refractivity contribution in [2.24, 2.45) is 7.05 Å². The fourth-order valence-corrected chi connectivity index (χ4v) is 1.62. The molecule has 2 heterocycles. The summed E-state index contributed by atoms with van der Waals surface area (Å²) in [5.41, 5.74) is 1.16. The van der Waals surface area contributed by atoms with Gasteiger partial charge in [-0.05, 0) is 19.5 Å². The van der Waals surface area contributed by atoms with Crippen LogP contribution in [0, 0.1) is 6.92 Å². The van der Waals surface area contributed by atoms with E-state index in [1.54, 1.807) is 18.1 Å². The Labute approximate surface area is 106 Å². The summed E-state index contributed by atoms with van der Waals surface area (Å²) >= 11 is 0. The number of aromatic nitrogens is 3. The molecular weight excluding hydrogens is 232 g/mol. The third kappa shape index (κ3) is 3.10. The number of rotatable bonds is 6. The lowest BCUT2D eigenvalue weighted by molar-refractivity contribution is 0.247. The SMILES string of the molecule is CCNCc1cc(COc2ncn(C)n2)oc1C. The van der Waals surface area contributed by atoms with Crippen molar-refractivity contribution in [3.8, 4) is 6.01 Å². The number of hydrogen-bond donors (Lipinski definition) is 1. The minimum Gasteiger partial charge on any atom is -0.462 e. The van der Waals surface area contributed by atoms with Gasteiger partial charge in [0.15, 0.2) is 0 Å². The van der Waals surface area contributed by atoms with Gasteiger partial charge in [-0.15, -0.1) is 5.10 Å². The predicted molar refractivity (Wildman–Crippen MR) is 66.2 cm³/mol. The van der Waals surface area contributed by atoms with Crippen molar-refractivity contribution in [1.29, 1.82) is 0 Å². The highest BCUT2D eigenvalue weighted by Gasteiger charge is 2.08. The molecule has 0 saturated carbocycles. The van der Waals surface area contributed by atoms with E-state index in [-0.39, 0.29) is 0 Å². The Hall–Kier alpha value is -1.82. The predicted octanol–water partition coefficient (Wildman–Crippen LogP) is 1.41. The van der Waals surface area contributed by atoms with Crippen LogP contribution in [0.4, 0.5) is 0 Å². The Bertz CT molecular complexity index is 504. The van der Waals surface area contributed by atoms with E-state index in [0.717, 1.165) is 30.2 Å². The number of nitrogens with one attached hydrogen (secondary N) is 1. The molecule has 0 bridgehead atoms. The molecule has 0 aliphatic heterocycles. The molecule has 0 radical (unpaired) electrons. The molecule has 2 rings (SSSR count). The van der Waals surface area contributed by atoms with Gasteiger partial charge in [0, 0.05) is 19.2 Å². The van der Waals surface area contributed by atoms with Gasteiger partial charge in [-0.1, -0.05) is 6.92 Å². The highest BCUT2D eigenvalue weighted by molar-refractivity contribution is 5.20. The van der Waals surface area contributed by atoms with Crippen molar-refractivity contribution in [3.63, 3.8) is 0 Å². The normalized spacial score (nSPS) is 10.8. The average molecular weight is 250 g/mol. The van der Waals surface area contributed by atoms with Gasteiger partial charge in [0.25, 0.3) is 0 Å². The van der Waals surface area contributed by atoms with Crippen molar-refractivity contribution < 1.29 is 9.15 Å². The summed E-state index contributed by atoms with van der Waals surface area (Å²) in [5.74, 6) is 1.70. The van der Waals surface area contributed by atoms with Crippen LogP contribution in [0.3, 0.4) is 0 Å². The van der Waals surface area contributed by atoms with E-state index < -0.39 is 0 Å². The van der Waals surface area contributed by atoms with Gasteiger partial charge < -0.3 is 14.5 Å². The molecule has 2 aromatic heterocycles. The van der Waals surface area contributed by atoms with Crippen LogP contribution in [0.1, 0.15) is 24.0 Å². The van der Waals surface area contributed by atoms with E-state index in [2.05, 4.69) is 22.3 Å². The summed E-state index contributed by atoms with van der Waals surface area (Å²) in [6.45, 7) is 6.13. The lowest BCUT2D eigenvalue weighted by Gasteiger charge is -1.97. The van der Waals surface area contributed by atoms with E-state index in [0.29, 0.717) is 12.6 Å². The van der Waals surface area contributed by atoms with Gasteiger partial charge in [0.1, 0.15) is 24.5 Å². The Balaban J connectivity index is 1.93. The third-order valence-electron chi connectivity index (χ3n) is 2.56. The molecule has 1 N–H and O–H groups in total. The highest BCUT2D eigenvalue weighted by Crippen LogP contribution is 2.15. The topological polar surface area (TPSA) is 65.1 Å². The van der Waals surface area contributed by atoms with Crippen LogP contribution in [0.15, 0.2) is 16.8 Å². The van der Waals surface area contributed by atoms with E-state index in [4.69, 9.17) is 9.15 Å². The summed E-state index contributed by atoms with van der Waals surface area (Å²) in [4.78, 5) is 3.99. The molecule has 0 fully saturated rings. The molecular formula is C12H18N4O2. The van der Waals surface area contributed by atoms with E-state index >= 15 is 0 Å². The fraction of sp³-hybridized carbons (Fsp3) is 0.500. The molecule has 0 atom stereocenters. The lowest BCUT2D eigenvalue weighted by Crippen LogP contribution is -2.11. The maximum absolute atomic E-state index is 5.61. The Kier molecular flexibility index (Phi) is 3.99. The number of furan rings is 1. The standard InChI is InChI=1S/C12H18N4O2/c1-4-13-6-10-5-11(18-9(10)2)7-17-12-14-8-16(3)15-12/h5,8,13H,4,6-7H2,1-3H3. The van der Waals surface area contributed by atoms with Crippen LogP contribution in [-0.2, 0) is 20.2 Å². The lowest BCUT2D eigenvalue weighted by atomic mass is 10.2. The Morgan fingerprint density at radius 2 is 2.33 bits per heavy atom. The van der Waals surface area contributed by atoms with E-state index in [1.807, 2.05) is 13.0 Å². The zero-order valence-electron chi connectivity index (χ0n) is 10.9. The second-order valence-electron chi connectivity index (χ2n) is 4.06. The first-order valence-electron chi connectivity index (χ1n) is 5.96. The van der Waals surface area contributed by atoms with Gasteiger partial charge in [-0.25, -0.2) is 0 Å². The fourth-order valence-electron chi connectivity index (χ4n) is 1.62. The molecule has 0 amide bonds. The van der Waals surface area contributed by atoms with Crippen LogP contribution in [0.25, 0.3) is 0 Å². The first-order valence-corrected chi connectivity index (χ1v) is 5.96. The maximum Gasteiger partial charge on any atom is 0.335 e. The Morgan fingerprint density at radius 3 is 3.00 bits per heavy atom. The molecule has 0 unspecified atom stereocenters. The minimum absolute atomic E-state index is 0.344. The molecule has 0 aliphatic carbocycles. The van der Waals surface area contributed by atoms with Crippen LogP contribution in [0.2, 0.25) is 0 Å². The molecule has 98 valence electrons. The van der Waals surface area contributed by atoms with Crippen molar-refractivity contribution in [1.82, 2.24) is 20.1 Å². The summed E-state index contributed by atoms with van der Waals surface area (Å²) < 4.78 is 12.6. The van der Waals surface area contributed by atoms with Gasteiger partial charge in [-0.2, -0.15) is 4.98 Å². The molecule has 2 aromatic rings. The number of ether oxygens (including phenoxy) is 1. The van der Waals surface area contributed by atoms with Crippen molar-refractivity contribution in [3.05, 3.63) is 29.5 Å². The quantitative estimate of drug-likeness (QED) is 0.839. The van der Waals surface area contributed by atoms with Crippen molar-refractivity contribution >= 4 is 0 Å². The highest BCUT2D eigenvalue weighted by atomic mass is 16.5. The number of hydrogen-bond acceptors (Lipinski definition) is 5. The van der Waals surface area contributed by atoms with Crippen LogP contribution >= 0.6 is 0 Å². The molecule has 0 aliphatic rings. The van der Waals surface area contributed by atoms with E-state index in [9.17, 15) is 0 Å². The largest absolute Gasteiger partial charge is 0.462 e. The zero-order valence-corrected chi connectivity index (χ0v) is 10.9. The van der Waals surface area contributed by atoms with Crippen LogP contribution in [0.5, 0.6) is 6.01 Å². The number of aryl methyl sites for hydroxylation is 2. The smallest absolute Gasteiger partial charge is 0.335 e. The minimum atomic E-state index is 0.344. The summed E-state index contributed by atoms with van der Waals surface area (Å²) in [6.07, 6.45) is 1.60. The molecule has 0 aromatic carbocycles. The van der Waals surface area contributed by atoms with Gasteiger partial charge >= 0.3 is 6.01 Å². The molecule has 6 nitrogen and oxygen atoms in total. The average Bonchev–Trinajstić information content (AvgIpc) is 2.91.